The second kappa shape index (κ2) is 7.46. The molecule has 2 heterocycles. The summed E-state index contributed by atoms with van der Waals surface area (Å²) in [5.41, 5.74) is 1.42. The number of hydrogen-bond donors (Lipinski definition) is 0. The highest BCUT2D eigenvalue weighted by Crippen LogP contribution is 2.16. The zero-order chi connectivity index (χ0) is 16.8. The van der Waals surface area contributed by atoms with Crippen molar-refractivity contribution >= 4 is 5.91 Å². The Balaban J connectivity index is 1.83. The van der Waals surface area contributed by atoms with Crippen molar-refractivity contribution in [3.63, 3.8) is 0 Å². The van der Waals surface area contributed by atoms with Crippen LogP contribution in [0.2, 0.25) is 0 Å². The summed E-state index contributed by atoms with van der Waals surface area (Å²) in [5, 5.41) is 0. The number of ether oxygens (including phenoxy) is 1. The molecule has 1 aromatic carbocycles. The molecule has 0 spiro atoms. The lowest BCUT2D eigenvalue weighted by atomic mass is 10.1. The predicted molar refractivity (Wildman–Crippen MR) is 89.5 cm³/mol. The van der Waals surface area contributed by atoms with E-state index >= 15 is 0 Å². The fourth-order valence-corrected chi connectivity index (χ4v) is 2.39. The topological polar surface area (TPSA) is 55.6 Å². The Morgan fingerprint density at radius 1 is 1.08 bits per heavy atom. The van der Waals surface area contributed by atoms with E-state index in [0.29, 0.717) is 24.4 Å². The van der Waals surface area contributed by atoms with E-state index in [9.17, 15) is 4.79 Å². The highest BCUT2D eigenvalue weighted by Gasteiger charge is 2.18. The molecular formula is C19H18N2O3. The Kier molecular flexibility index (Phi) is 4.91. The Hall–Kier alpha value is -3.08. The summed E-state index contributed by atoms with van der Waals surface area (Å²) in [6, 6.07) is 16.4. The Morgan fingerprint density at radius 2 is 1.92 bits per heavy atom. The molecule has 0 aliphatic heterocycles. The van der Waals surface area contributed by atoms with Crippen molar-refractivity contribution in [3.8, 4) is 5.75 Å². The normalized spacial score (nSPS) is 10.4. The van der Waals surface area contributed by atoms with E-state index in [0.717, 1.165) is 11.5 Å². The number of pyridine rings is 1. The maximum atomic E-state index is 12.9. The highest BCUT2D eigenvalue weighted by atomic mass is 16.5. The molecule has 0 N–H and O–H groups in total. The molecule has 0 aliphatic rings. The van der Waals surface area contributed by atoms with Crippen LogP contribution in [0.3, 0.4) is 0 Å². The molecule has 0 atom stereocenters. The van der Waals surface area contributed by atoms with Crippen LogP contribution in [-0.2, 0) is 13.1 Å². The summed E-state index contributed by atoms with van der Waals surface area (Å²) >= 11 is 0. The van der Waals surface area contributed by atoms with E-state index < -0.39 is 0 Å². The summed E-state index contributed by atoms with van der Waals surface area (Å²) in [6.07, 6.45) is 3.32. The quantitative estimate of drug-likeness (QED) is 0.697. The van der Waals surface area contributed by atoms with Crippen LogP contribution in [0.15, 0.2) is 71.5 Å². The Morgan fingerprint density at radius 3 is 2.54 bits per heavy atom. The maximum absolute atomic E-state index is 12.9. The summed E-state index contributed by atoms with van der Waals surface area (Å²) in [4.78, 5) is 18.9. The summed E-state index contributed by atoms with van der Waals surface area (Å²) in [6.45, 7) is 0.792. The van der Waals surface area contributed by atoms with Crippen molar-refractivity contribution in [1.29, 1.82) is 0 Å². The van der Waals surface area contributed by atoms with Crippen LogP contribution in [0, 0.1) is 0 Å². The van der Waals surface area contributed by atoms with Crippen LogP contribution >= 0.6 is 0 Å². The second-order valence-electron chi connectivity index (χ2n) is 5.29. The number of hydrogen-bond acceptors (Lipinski definition) is 4. The zero-order valence-electron chi connectivity index (χ0n) is 13.4. The number of amides is 1. The molecule has 0 aliphatic carbocycles. The molecule has 5 nitrogen and oxygen atoms in total. The Labute approximate surface area is 140 Å². The third kappa shape index (κ3) is 3.81. The Bertz CT molecular complexity index is 768. The number of methoxy groups -OCH3 is 1. The molecule has 0 saturated heterocycles. The van der Waals surface area contributed by atoms with Gasteiger partial charge in [0.15, 0.2) is 0 Å². The van der Waals surface area contributed by atoms with Crippen molar-refractivity contribution in [3.05, 3.63) is 84.1 Å². The van der Waals surface area contributed by atoms with Crippen LogP contribution in [0.1, 0.15) is 21.8 Å². The third-order valence-corrected chi connectivity index (χ3v) is 3.63. The van der Waals surface area contributed by atoms with Gasteiger partial charge in [0.05, 0.1) is 32.2 Å². The number of aromatic nitrogens is 1. The standard InChI is InChI=1S/C19H18N2O3/c1-23-17-9-7-15(8-10-17)19(22)21(14-18-6-4-12-24-18)13-16-5-2-3-11-20-16/h2-12H,13-14H2,1H3. The smallest absolute Gasteiger partial charge is 0.254 e. The minimum atomic E-state index is -0.0836. The molecule has 0 saturated carbocycles. The van der Waals surface area contributed by atoms with Gasteiger partial charge in [0.1, 0.15) is 11.5 Å². The number of rotatable bonds is 6. The van der Waals surface area contributed by atoms with Gasteiger partial charge in [-0.2, -0.15) is 0 Å². The van der Waals surface area contributed by atoms with Crippen molar-refractivity contribution < 1.29 is 13.9 Å². The summed E-state index contributed by atoms with van der Waals surface area (Å²) < 4.78 is 10.5. The van der Waals surface area contributed by atoms with Gasteiger partial charge in [-0.05, 0) is 48.5 Å². The van der Waals surface area contributed by atoms with E-state index in [4.69, 9.17) is 9.15 Å². The van der Waals surface area contributed by atoms with Crippen LogP contribution in [0.5, 0.6) is 5.75 Å². The first-order valence-corrected chi connectivity index (χ1v) is 7.62. The average Bonchev–Trinajstić information content (AvgIpc) is 3.15. The lowest BCUT2D eigenvalue weighted by Gasteiger charge is -2.21. The molecule has 3 rings (SSSR count). The van der Waals surface area contributed by atoms with Gasteiger partial charge < -0.3 is 14.1 Å². The largest absolute Gasteiger partial charge is 0.497 e. The second-order valence-corrected chi connectivity index (χ2v) is 5.29. The SMILES string of the molecule is COc1ccc(C(=O)N(Cc2ccccn2)Cc2ccco2)cc1. The molecule has 3 aromatic rings. The summed E-state index contributed by atoms with van der Waals surface area (Å²) in [5.74, 6) is 1.36. The van der Waals surface area contributed by atoms with Gasteiger partial charge in [-0.3, -0.25) is 9.78 Å². The van der Waals surface area contributed by atoms with Crippen molar-refractivity contribution in [2.45, 2.75) is 13.1 Å². The predicted octanol–water partition coefficient (Wildman–Crippen LogP) is 3.53. The molecule has 0 fully saturated rings. The molecule has 2 aromatic heterocycles. The van der Waals surface area contributed by atoms with Crippen molar-refractivity contribution in [2.24, 2.45) is 0 Å². The minimum absolute atomic E-state index is 0.0836. The monoisotopic (exact) mass is 322 g/mol. The number of furan rings is 1. The van der Waals surface area contributed by atoms with Crippen LogP contribution in [0.4, 0.5) is 0 Å². The van der Waals surface area contributed by atoms with Gasteiger partial charge >= 0.3 is 0 Å². The molecule has 0 bridgehead atoms. The summed E-state index contributed by atoms with van der Waals surface area (Å²) in [7, 11) is 1.60. The van der Waals surface area contributed by atoms with Crippen molar-refractivity contribution in [1.82, 2.24) is 9.88 Å². The molecule has 122 valence electrons. The minimum Gasteiger partial charge on any atom is -0.497 e. The lowest BCUT2D eigenvalue weighted by molar-refractivity contribution is 0.0715. The first-order chi connectivity index (χ1) is 11.8. The fraction of sp³-hybridized carbons (Fsp3) is 0.158. The first-order valence-electron chi connectivity index (χ1n) is 7.62. The maximum Gasteiger partial charge on any atom is 0.254 e. The lowest BCUT2D eigenvalue weighted by Crippen LogP contribution is -2.30. The van der Waals surface area contributed by atoms with E-state index in [1.807, 2.05) is 30.3 Å². The molecule has 1 amide bonds. The van der Waals surface area contributed by atoms with E-state index in [2.05, 4.69) is 4.98 Å². The van der Waals surface area contributed by atoms with Crippen LogP contribution in [-0.4, -0.2) is 22.9 Å². The van der Waals surface area contributed by atoms with Gasteiger partial charge in [0.2, 0.25) is 0 Å². The molecule has 0 unspecified atom stereocenters. The molecule has 24 heavy (non-hydrogen) atoms. The number of nitrogens with zero attached hydrogens (tertiary/aromatic N) is 2. The zero-order valence-corrected chi connectivity index (χ0v) is 13.4. The van der Waals surface area contributed by atoms with Gasteiger partial charge in [0, 0.05) is 11.8 Å². The average molecular weight is 322 g/mol. The van der Waals surface area contributed by atoms with E-state index in [-0.39, 0.29) is 5.91 Å². The number of carbonyl (C=O) groups excluding carboxylic acids is 1. The third-order valence-electron chi connectivity index (χ3n) is 3.63. The first kappa shape index (κ1) is 15.8. The van der Waals surface area contributed by atoms with Gasteiger partial charge in [-0.15, -0.1) is 0 Å². The van der Waals surface area contributed by atoms with Gasteiger partial charge in [-0.25, -0.2) is 0 Å². The number of benzene rings is 1. The van der Waals surface area contributed by atoms with E-state index in [1.54, 1.807) is 48.7 Å². The molecular weight excluding hydrogens is 304 g/mol. The van der Waals surface area contributed by atoms with Gasteiger partial charge in [0.25, 0.3) is 5.91 Å². The molecule has 0 radical (unpaired) electrons. The van der Waals surface area contributed by atoms with Crippen LogP contribution in [0.25, 0.3) is 0 Å². The molecule has 5 heteroatoms. The fourth-order valence-electron chi connectivity index (χ4n) is 2.39. The van der Waals surface area contributed by atoms with Crippen LogP contribution < -0.4 is 4.74 Å². The van der Waals surface area contributed by atoms with Gasteiger partial charge in [-0.1, -0.05) is 6.07 Å². The van der Waals surface area contributed by atoms with Crippen molar-refractivity contribution in [2.75, 3.05) is 7.11 Å². The van der Waals surface area contributed by atoms with E-state index in [1.165, 1.54) is 0 Å². The number of carbonyl (C=O) groups is 1. The highest BCUT2D eigenvalue weighted by molar-refractivity contribution is 5.94.